The third kappa shape index (κ3) is 2.07. The van der Waals surface area contributed by atoms with E-state index >= 15 is 0 Å². The summed E-state index contributed by atoms with van der Waals surface area (Å²) in [5.41, 5.74) is 7.47. The molecule has 0 saturated carbocycles. The molecule has 2 aromatic heterocycles. The van der Waals surface area contributed by atoms with Crippen LogP contribution in [0.4, 0.5) is 5.69 Å². The van der Waals surface area contributed by atoms with Gasteiger partial charge in [-0.15, -0.1) is 21.5 Å². The Morgan fingerprint density at radius 2 is 1.71 bits per heavy atom. The molecular weight excluding hydrogens is 250 g/mol. The monoisotopic (exact) mass is 259 g/mol. The maximum atomic E-state index is 5.66. The van der Waals surface area contributed by atoms with Crippen molar-refractivity contribution in [1.82, 2.24) is 10.2 Å². The molecule has 0 bridgehead atoms. The Labute approximate surface area is 107 Å². The lowest BCUT2D eigenvalue weighted by atomic mass is 10.2. The molecule has 84 valence electrons. The van der Waals surface area contributed by atoms with E-state index in [0.717, 1.165) is 26.1 Å². The maximum Gasteiger partial charge on any atom is 0.158 e. The quantitative estimate of drug-likeness (QED) is 0.716. The third-order valence-electron chi connectivity index (χ3n) is 2.31. The molecular formula is C12H9N3S2. The fourth-order valence-electron chi connectivity index (χ4n) is 1.47. The second-order valence-corrected chi connectivity index (χ2v) is 5.44. The molecule has 0 spiro atoms. The SMILES string of the molecule is Nc1ccc(-c2nnc(-c3cccs3)s2)cc1. The minimum absolute atomic E-state index is 0.761. The summed E-state index contributed by atoms with van der Waals surface area (Å²) in [6.07, 6.45) is 0. The maximum absolute atomic E-state index is 5.66. The van der Waals surface area contributed by atoms with Crippen LogP contribution >= 0.6 is 22.7 Å². The van der Waals surface area contributed by atoms with Gasteiger partial charge in [0.2, 0.25) is 0 Å². The number of rotatable bonds is 2. The first-order valence-electron chi connectivity index (χ1n) is 5.06. The first-order chi connectivity index (χ1) is 8.33. The number of nitrogens with two attached hydrogens (primary N) is 1. The minimum Gasteiger partial charge on any atom is -0.399 e. The van der Waals surface area contributed by atoms with Crippen LogP contribution in [0.2, 0.25) is 0 Å². The Morgan fingerprint density at radius 1 is 0.941 bits per heavy atom. The van der Waals surface area contributed by atoms with E-state index in [0.29, 0.717) is 0 Å². The lowest BCUT2D eigenvalue weighted by Gasteiger charge is -1.95. The summed E-state index contributed by atoms with van der Waals surface area (Å²) in [6.45, 7) is 0. The molecule has 0 aliphatic heterocycles. The van der Waals surface area contributed by atoms with E-state index in [2.05, 4.69) is 16.3 Å². The highest BCUT2D eigenvalue weighted by atomic mass is 32.1. The van der Waals surface area contributed by atoms with Crippen LogP contribution in [-0.4, -0.2) is 10.2 Å². The van der Waals surface area contributed by atoms with E-state index in [1.807, 2.05) is 35.7 Å². The molecule has 0 unspecified atom stereocenters. The highest BCUT2D eigenvalue weighted by Gasteiger charge is 2.08. The number of anilines is 1. The molecule has 2 heterocycles. The van der Waals surface area contributed by atoms with Crippen LogP contribution < -0.4 is 5.73 Å². The highest BCUT2D eigenvalue weighted by Crippen LogP contribution is 2.32. The molecule has 2 N–H and O–H groups in total. The van der Waals surface area contributed by atoms with Gasteiger partial charge in [0.25, 0.3) is 0 Å². The predicted molar refractivity (Wildman–Crippen MR) is 73.1 cm³/mol. The summed E-state index contributed by atoms with van der Waals surface area (Å²) < 4.78 is 0. The normalized spacial score (nSPS) is 10.6. The van der Waals surface area contributed by atoms with Crippen molar-refractivity contribution in [2.24, 2.45) is 0 Å². The summed E-state index contributed by atoms with van der Waals surface area (Å²) in [6, 6.07) is 11.8. The average molecular weight is 259 g/mol. The topological polar surface area (TPSA) is 51.8 Å². The van der Waals surface area contributed by atoms with Gasteiger partial charge in [-0.05, 0) is 35.7 Å². The van der Waals surface area contributed by atoms with E-state index < -0.39 is 0 Å². The van der Waals surface area contributed by atoms with Gasteiger partial charge in [-0.2, -0.15) is 0 Å². The number of aromatic nitrogens is 2. The zero-order valence-electron chi connectivity index (χ0n) is 8.83. The average Bonchev–Trinajstić information content (AvgIpc) is 3.00. The lowest BCUT2D eigenvalue weighted by Crippen LogP contribution is -1.83. The summed E-state index contributed by atoms with van der Waals surface area (Å²) in [5.74, 6) is 0. The van der Waals surface area contributed by atoms with E-state index in [1.165, 1.54) is 0 Å². The van der Waals surface area contributed by atoms with Crippen LogP contribution in [-0.2, 0) is 0 Å². The van der Waals surface area contributed by atoms with E-state index in [1.54, 1.807) is 22.7 Å². The van der Waals surface area contributed by atoms with Gasteiger partial charge in [0, 0.05) is 11.3 Å². The van der Waals surface area contributed by atoms with Crippen molar-refractivity contribution in [3.63, 3.8) is 0 Å². The van der Waals surface area contributed by atoms with Crippen molar-refractivity contribution < 1.29 is 0 Å². The van der Waals surface area contributed by atoms with Gasteiger partial charge in [-0.3, -0.25) is 0 Å². The molecule has 0 amide bonds. The van der Waals surface area contributed by atoms with Crippen molar-refractivity contribution in [3.05, 3.63) is 41.8 Å². The molecule has 0 aliphatic carbocycles. The fourth-order valence-corrected chi connectivity index (χ4v) is 3.11. The van der Waals surface area contributed by atoms with Crippen LogP contribution in [0.1, 0.15) is 0 Å². The number of thiophene rings is 1. The summed E-state index contributed by atoms with van der Waals surface area (Å²) in [5, 5.41) is 12.3. The standard InChI is InChI=1S/C12H9N3S2/c13-9-5-3-8(4-6-9)11-14-15-12(17-11)10-2-1-7-16-10/h1-7H,13H2. The highest BCUT2D eigenvalue weighted by molar-refractivity contribution is 7.22. The van der Waals surface area contributed by atoms with Gasteiger partial charge in [0.15, 0.2) is 5.01 Å². The number of nitrogens with zero attached hydrogens (tertiary/aromatic N) is 2. The second-order valence-electron chi connectivity index (χ2n) is 3.51. The molecule has 0 radical (unpaired) electrons. The number of hydrogen-bond donors (Lipinski definition) is 1. The summed E-state index contributed by atoms with van der Waals surface area (Å²) in [7, 11) is 0. The van der Waals surface area contributed by atoms with Crippen LogP contribution in [0.15, 0.2) is 41.8 Å². The Morgan fingerprint density at radius 3 is 2.41 bits per heavy atom. The number of benzene rings is 1. The second kappa shape index (κ2) is 4.27. The fraction of sp³-hybridized carbons (Fsp3) is 0. The Balaban J connectivity index is 1.98. The number of hydrogen-bond acceptors (Lipinski definition) is 5. The van der Waals surface area contributed by atoms with Gasteiger partial charge >= 0.3 is 0 Å². The Kier molecular flexibility index (Phi) is 2.62. The van der Waals surface area contributed by atoms with Crippen molar-refractivity contribution in [1.29, 1.82) is 0 Å². The van der Waals surface area contributed by atoms with Crippen LogP contribution in [0.5, 0.6) is 0 Å². The molecule has 3 aromatic rings. The first kappa shape index (κ1) is 10.4. The van der Waals surface area contributed by atoms with Crippen molar-refractivity contribution in [2.45, 2.75) is 0 Å². The molecule has 0 aliphatic rings. The molecule has 1 aromatic carbocycles. The zero-order chi connectivity index (χ0) is 11.7. The minimum atomic E-state index is 0.761. The molecule has 0 saturated heterocycles. The van der Waals surface area contributed by atoms with Gasteiger partial charge < -0.3 is 5.73 Å². The molecule has 3 nitrogen and oxygen atoms in total. The Hall–Kier alpha value is -1.72. The molecule has 3 rings (SSSR count). The smallest absolute Gasteiger partial charge is 0.158 e. The van der Waals surface area contributed by atoms with Crippen LogP contribution in [0.3, 0.4) is 0 Å². The predicted octanol–water partition coefficient (Wildman–Crippen LogP) is 3.52. The van der Waals surface area contributed by atoms with Gasteiger partial charge in [0.05, 0.1) is 4.88 Å². The lowest BCUT2D eigenvalue weighted by molar-refractivity contribution is 1.10. The first-order valence-corrected chi connectivity index (χ1v) is 6.76. The van der Waals surface area contributed by atoms with Crippen molar-refractivity contribution >= 4 is 28.4 Å². The van der Waals surface area contributed by atoms with E-state index in [9.17, 15) is 0 Å². The van der Waals surface area contributed by atoms with Gasteiger partial charge in [-0.1, -0.05) is 17.4 Å². The third-order valence-corrected chi connectivity index (χ3v) is 4.33. The van der Waals surface area contributed by atoms with E-state index in [-0.39, 0.29) is 0 Å². The summed E-state index contributed by atoms with van der Waals surface area (Å²) in [4.78, 5) is 1.16. The molecule has 0 fully saturated rings. The number of nitrogen functional groups attached to an aromatic ring is 1. The largest absolute Gasteiger partial charge is 0.399 e. The molecule has 5 heteroatoms. The van der Waals surface area contributed by atoms with Gasteiger partial charge in [0.1, 0.15) is 5.01 Å². The van der Waals surface area contributed by atoms with Gasteiger partial charge in [-0.25, -0.2) is 0 Å². The zero-order valence-corrected chi connectivity index (χ0v) is 10.5. The van der Waals surface area contributed by atoms with E-state index in [4.69, 9.17) is 5.73 Å². The van der Waals surface area contributed by atoms with Crippen molar-refractivity contribution in [2.75, 3.05) is 5.73 Å². The van der Waals surface area contributed by atoms with Crippen LogP contribution in [0.25, 0.3) is 20.5 Å². The van der Waals surface area contributed by atoms with Crippen molar-refractivity contribution in [3.8, 4) is 20.5 Å². The Bertz CT molecular complexity index is 612. The molecule has 0 atom stereocenters. The van der Waals surface area contributed by atoms with Crippen LogP contribution in [0, 0.1) is 0 Å². The summed E-state index contributed by atoms with van der Waals surface area (Å²) >= 11 is 3.27. The molecule has 17 heavy (non-hydrogen) atoms.